The monoisotopic (exact) mass is 203 g/mol. The van der Waals surface area contributed by atoms with Gasteiger partial charge in [-0.2, -0.15) is 0 Å². The maximum absolute atomic E-state index is 11.9. The van der Waals surface area contributed by atoms with Crippen LogP contribution in [0.2, 0.25) is 0 Å². The summed E-state index contributed by atoms with van der Waals surface area (Å²) in [6, 6.07) is 6.25. The first kappa shape index (κ1) is 10.2. The minimum absolute atomic E-state index is 0.0729. The Kier molecular flexibility index (Phi) is 2.76. The van der Waals surface area contributed by atoms with E-state index in [-0.39, 0.29) is 11.9 Å². The zero-order valence-corrected chi connectivity index (χ0v) is 9.34. The Hall–Kier alpha value is -1.31. The third kappa shape index (κ3) is 2.04. The lowest BCUT2D eigenvalue weighted by atomic mass is 10.0. The van der Waals surface area contributed by atoms with Crippen molar-refractivity contribution in [1.82, 2.24) is 5.32 Å². The molecule has 1 aromatic carbocycles. The lowest BCUT2D eigenvalue weighted by Gasteiger charge is -2.11. The zero-order chi connectivity index (χ0) is 10.8. The summed E-state index contributed by atoms with van der Waals surface area (Å²) in [7, 11) is 0. The first-order valence-electron chi connectivity index (χ1n) is 5.60. The van der Waals surface area contributed by atoms with Crippen molar-refractivity contribution in [2.45, 2.75) is 39.2 Å². The highest BCUT2D eigenvalue weighted by atomic mass is 16.1. The molecule has 2 rings (SSSR count). The van der Waals surface area contributed by atoms with Crippen LogP contribution in [0.4, 0.5) is 0 Å². The Morgan fingerprint density at radius 1 is 1.33 bits per heavy atom. The van der Waals surface area contributed by atoms with E-state index in [1.807, 2.05) is 26.0 Å². The quantitative estimate of drug-likeness (QED) is 0.785. The summed E-state index contributed by atoms with van der Waals surface area (Å²) in [4.78, 5) is 11.9. The van der Waals surface area contributed by atoms with Gasteiger partial charge >= 0.3 is 0 Å². The van der Waals surface area contributed by atoms with Crippen molar-refractivity contribution in [1.29, 1.82) is 0 Å². The maximum Gasteiger partial charge on any atom is 0.251 e. The molecule has 1 N–H and O–H groups in total. The fraction of sp³-hybridized carbons (Fsp3) is 0.462. The fourth-order valence-corrected chi connectivity index (χ4v) is 2.17. The molecular weight excluding hydrogens is 186 g/mol. The summed E-state index contributed by atoms with van der Waals surface area (Å²) < 4.78 is 0. The number of benzene rings is 1. The lowest BCUT2D eigenvalue weighted by Crippen LogP contribution is -2.30. The Bertz CT molecular complexity index is 382. The van der Waals surface area contributed by atoms with Gasteiger partial charge in [-0.15, -0.1) is 0 Å². The summed E-state index contributed by atoms with van der Waals surface area (Å²) >= 11 is 0. The van der Waals surface area contributed by atoms with Crippen LogP contribution in [0.3, 0.4) is 0 Å². The molecule has 0 bridgehead atoms. The van der Waals surface area contributed by atoms with Crippen molar-refractivity contribution in [2.75, 3.05) is 0 Å². The minimum Gasteiger partial charge on any atom is -0.350 e. The molecule has 0 saturated carbocycles. The van der Waals surface area contributed by atoms with E-state index in [9.17, 15) is 4.79 Å². The van der Waals surface area contributed by atoms with Crippen LogP contribution in [0.1, 0.15) is 41.8 Å². The van der Waals surface area contributed by atoms with E-state index < -0.39 is 0 Å². The number of carbonyl (C=O) groups is 1. The topological polar surface area (TPSA) is 29.1 Å². The lowest BCUT2D eigenvalue weighted by molar-refractivity contribution is 0.0942. The van der Waals surface area contributed by atoms with Gasteiger partial charge in [-0.05, 0) is 50.3 Å². The SMILES string of the molecule is CC(C)NC(=O)c1cccc2c1CCC2. The third-order valence-electron chi connectivity index (χ3n) is 2.81. The van der Waals surface area contributed by atoms with Gasteiger partial charge in [-0.1, -0.05) is 12.1 Å². The predicted molar refractivity (Wildman–Crippen MR) is 61.1 cm³/mol. The number of rotatable bonds is 2. The van der Waals surface area contributed by atoms with Crippen LogP contribution in [-0.2, 0) is 12.8 Å². The Morgan fingerprint density at radius 2 is 2.13 bits per heavy atom. The predicted octanol–water partition coefficient (Wildman–Crippen LogP) is 2.31. The number of carbonyl (C=O) groups excluding carboxylic acids is 1. The molecule has 0 spiro atoms. The molecule has 80 valence electrons. The smallest absolute Gasteiger partial charge is 0.251 e. The number of amides is 1. The molecule has 1 amide bonds. The van der Waals surface area contributed by atoms with Gasteiger partial charge in [-0.25, -0.2) is 0 Å². The number of aryl methyl sites for hydroxylation is 1. The van der Waals surface area contributed by atoms with Crippen LogP contribution >= 0.6 is 0 Å². The van der Waals surface area contributed by atoms with E-state index in [2.05, 4.69) is 11.4 Å². The normalized spacial score (nSPS) is 14.1. The number of hydrogen-bond acceptors (Lipinski definition) is 1. The van der Waals surface area contributed by atoms with Crippen molar-refractivity contribution in [3.05, 3.63) is 34.9 Å². The molecule has 0 heterocycles. The van der Waals surface area contributed by atoms with Gasteiger partial charge in [0, 0.05) is 11.6 Å². The highest BCUT2D eigenvalue weighted by molar-refractivity contribution is 5.96. The number of fused-ring (bicyclic) bond motifs is 1. The molecule has 2 heteroatoms. The van der Waals surface area contributed by atoms with Crippen molar-refractivity contribution < 1.29 is 4.79 Å². The molecule has 0 radical (unpaired) electrons. The summed E-state index contributed by atoms with van der Waals surface area (Å²) in [5.41, 5.74) is 3.49. The van der Waals surface area contributed by atoms with Crippen molar-refractivity contribution >= 4 is 5.91 Å². The first-order valence-corrected chi connectivity index (χ1v) is 5.60. The zero-order valence-electron chi connectivity index (χ0n) is 9.34. The van der Waals surface area contributed by atoms with Crippen LogP contribution in [-0.4, -0.2) is 11.9 Å². The van der Waals surface area contributed by atoms with Crippen molar-refractivity contribution in [3.63, 3.8) is 0 Å². The van der Waals surface area contributed by atoms with Crippen molar-refractivity contribution in [3.8, 4) is 0 Å². The van der Waals surface area contributed by atoms with E-state index in [0.717, 1.165) is 18.4 Å². The largest absolute Gasteiger partial charge is 0.350 e. The van der Waals surface area contributed by atoms with Gasteiger partial charge in [0.2, 0.25) is 0 Å². The molecule has 0 saturated heterocycles. The summed E-state index contributed by atoms with van der Waals surface area (Å²) in [5, 5.41) is 2.95. The molecule has 15 heavy (non-hydrogen) atoms. The van der Waals surface area contributed by atoms with E-state index in [1.54, 1.807) is 0 Å². The minimum atomic E-state index is 0.0729. The average Bonchev–Trinajstić information content (AvgIpc) is 2.63. The van der Waals surface area contributed by atoms with Crippen LogP contribution in [0.5, 0.6) is 0 Å². The Labute approximate surface area is 90.7 Å². The highest BCUT2D eigenvalue weighted by Gasteiger charge is 2.18. The maximum atomic E-state index is 11.9. The standard InChI is InChI=1S/C13H17NO/c1-9(2)14-13(15)12-8-4-6-10-5-3-7-11(10)12/h4,6,8-9H,3,5,7H2,1-2H3,(H,14,15). The van der Waals surface area contributed by atoms with Crippen LogP contribution in [0.25, 0.3) is 0 Å². The van der Waals surface area contributed by atoms with Gasteiger partial charge in [0.1, 0.15) is 0 Å². The molecule has 0 fully saturated rings. The van der Waals surface area contributed by atoms with Crippen LogP contribution < -0.4 is 5.32 Å². The van der Waals surface area contributed by atoms with Gasteiger partial charge in [-0.3, -0.25) is 4.79 Å². The molecular formula is C13H17NO. The number of nitrogens with one attached hydrogen (secondary N) is 1. The molecule has 1 aliphatic carbocycles. The summed E-state index contributed by atoms with van der Waals surface area (Å²) in [5.74, 6) is 0.0729. The van der Waals surface area contributed by atoms with E-state index in [0.29, 0.717) is 0 Å². The van der Waals surface area contributed by atoms with Gasteiger partial charge in [0.25, 0.3) is 5.91 Å². The highest BCUT2D eigenvalue weighted by Crippen LogP contribution is 2.25. The van der Waals surface area contributed by atoms with Crippen molar-refractivity contribution in [2.24, 2.45) is 0 Å². The number of hydrogen-bond donors (Lipinski definition) is 1. The third-order valence-corrected chi connectivity index (χ3v) is 2.81. The summed E-state index contributed by atoms with van der Waals surface area (Å²) in [6.45, 7) is 3.97. The average molecular weight is 203 g/mol. The second-order valence-electron chi connectivity index (χ2n) is 4.42. The molecule has 0 aliphatic heterocycles. The van der Waals surface area contributed by atoms with Gasteiger partial charge in [0.15, 0.2) is 0 Å². The fourth-order valence-electron chi connectivity index (χ4n) is 2.17. The van der Waals surface area contributed by atoms with E-state index in [4.69, 9.17) is 0 Å². The first-order chi connectivity index (χ1) is 7.18. The Balaban J connectivity index is 2.29. The molecule has 2 nitrogen and oxygen atoms in total. The van der Waals surface area contributed by atoms with Crippen LogP contribution in [0, 0.1) is 0 Å². The summed E-state index contributed by atoms with van der Waals surface area (Å²) in [6.07, 6.45) is 3.36. The van der Waals surface area contributed by atoms with Gasteiger partial charge in [0.05, 0.1) is 0 Å². The van der Waals surface area contributed by atoms with E-state index >= 15 is 0 Å². The van der Waals surface area contributed by atoms with Gasteiger partial charge < -0.3 is 5.32 Å². The molecule has 0 atom stereocenters. The molecule has 0 unspecified atom stereocenters. The second kappa shape index (κ2) is 4.05. The molecule has 1 aromatic rings. The molecule has 1 aliphatic rings. The van der Waals surface area contributed by atoms with Crippen LogP contribution in [0.15, 0.2) is 18.2 Å². The molecule has 0 aromatic heterocycles. The Morgan fingerprint density at radius 3 is 2.87 bits per heavy atom. The second-order valence-corrected chi connectivity index (χ2v) is 4.42. The van der Waals surface area contributed by atoms with E-state index in [1.165, 1.54) is 17.5 Å².